The molecule has 5 nitrogen and oxygen atoms in total. The number of benzene rings is 1. The number of amides is 1. The number of hydrogen-bond acceptors (Lipinski definition) is 4. The van der Waals surface area contributed by atoms with E-state index in [2.05, 4.69) is 15.3 Å². The van der Waals surface area contributed by atoms with Crippen LogP contribution in [0.25, 0.3) is 0 Å². The molecule has 0 spiro atoms. The molecule has 1 aromatic carbocycles. The Bertz CT molecular complexity index is 614. The monoisotopic (exact) mass is 291 g/mol. The van der Waals surface area contributed by atoms with Crippen molar-refractivity contribution >= 4 is 23.2 Å². The molecule has 0 bridgehead atoms. The van der Waals surface area contributed by atoms with Gasteiger partial charge in [-0.15, -0.1) is 0 Å². The lowest BCUT2D eigenvalue weighted by Crippen LogP contribution is -2.14. The third-order valence-corrected chi connectivity index (χ3v) is 2.73. The number of halogens is 1. The number of anilines is 1. The van der Waals surface area contributed by atoms with E-state index in [-0.39, 0.29) is 16.8 Å². The van der Waals surface area contributed by atoms with E-state index in [4.69, 9.17) is 16.3 Å². The highest BCUT2D eigenvalue weighted by molar-refractivity contribution is 6.29. The normalized spacial score (nSPS) is 10.2. The number of aryl methyl sites for hydroxylation is 1. The third kappa shape index (κ3) is 3.45. The van der Waals surface area contributed by atoms with Crippen molar-refractivity contribution in [1.29, 1.82) is 0 Å². The van der Waals surface area contributed by atoms with Gasteiger partial charge in [0.25, 0.3) is 5.91 Å². The third-order valence-electron chi connectivity index (χ3n) is 2.54. The maximum atomic E-state index is 12.1. The number of nitrogens with one attached hydrogen (secondary N) is 1. The summed E-state index contributed by atoms with van der Waals surface area (Å²) in [6.45, 7) is 4.37. The molecule has 0 saturated heterocycles. The zero-order valence-corrected chi connectivity index (χ0v) is 11.9. The average molecular weight is 292 g/mol. The zero-order chi connectivity index (χ0) is 14.5. The van der Waals surface area contributed by atoms with E-state index in [0.717, 1.165) is 5.56 Å². The van der Waals surface area contributed by atoms with E-state index in [0.29, 0.717) is 18.0 Å². The van der Waals surface area contributed by atoms with Crippen LogP contribution >= 0.6 is 11.6 Å². The van der Waals surface area contributed by atoms with Crippen LogP contribution in [0.4, 0.5) is 5.69 Å². The predicted octanol–water partition coefficient (Wildman–Crippen LogP) is 3.09. The van der Waals surface area contributed by atoms with Crippen molar-refractivity contribution in [1.82, 2.24) is 9.97 Å². The molecular formula is C14H14ClN3O2. The van der Waals surface area contributed by atoms with Gasteiger partial charge in [0.15, 0.2) is 0 Å². The fraction of sp³-hybridized carbons (Fsp3) is 0.214. The van der Waals surface area contributed by atoms with Crippen LogP contribution in [0.1, 0.15) is 23.0 Å². The maximum absolute atomic E-state index is 12.1. The van der Waals surface area contributed by atoms with Gasteiger partial charge in [0, 0.05) is 0 Å². The minimum Gasteiger partial charge on any atom is -0.492 e. The molecule has 1 N–H and O–H groups in total. The summed E-state index contributed by atoms with van der Waals surface area (Å²) in [5, 5.41) is 2.99. The summed E-state index contributed by atoms with van der Waals surface area (Å²) < 4.78 is 5.50. The van der Waals surface area contributed by atoms with Gasteiger partial charge in [-0.1, -0.05) is 17.7 Å². The van der Waals surface area contributed by atoms with Crippen LogP contribution in [0.5, 0.6) is 5.75 Å². The Morgan fingerprint density at radius 2 is 2.15 bits per heavy atom. The second-order valence-corrected chi connectivity index (χ2v) is 4.50. The molecule has 1 aromatic heterocycles. The Balaban J connectivity index is 2.21. The fourth-order valence-electron chi connectivity index (χ4n) is 1.62. The maximum Gasteiger partial charge on any atom is 0.275 e. The SMILES string of the molecule is CCOc1cc(C)ccc1NC(=O)c1cnc(Cl)cn1. The number of rotatable bonds is 4. The quantitative estimate of drug-likeness (QED) is 0.940. The Morgan fingerprint density at radius 3 is 2.80 bits per heavy atom. The number of ether oxygens (including phenoxy) is 1. The highest BCUT2D eigenvalue weighted by atomic mass is 35.5. The minimum atomic E-state index is -0.362. The van der Waals surface area contributed by atoms with Crippen molar-refractivity contribution in [2.24, 2.45) is 0 Å². The van der Waals surface area contributed by atoms with E-state index >= 15 is 0 Å². The van der Waals surface area contributed by atoms with E-state index in [1.165, 1.54) is 12.4 Å². The molecule has 0 aliphatic carbocycles. The lowest BCUT2D eigenvalue weighted by Gasteiger charge is -2.12. The first kappa shape index (κ1) is 14.3. The van der Waals surface area contributed by atoms with Gasteiger partial charge in [-0.05, 0) is 31.5 Å². The molecule has 0 aliphatic rings. The summed E-state index contributed by atoms with van der Waals surface area (Å²) in [5.74, 6) is 0.266. The number of carbonyl (C=O) groups is 1. The van der Waals surface area contributed by atoms with E-state index in [1.807, 2.05) is 26.0 Å². The molecule has 0 saturated carbocycles. The molecule has 0 radical (unpaired) electrons. The summed E-state index contributed by atoms with van der Waals surface area (Å²) in [4.78, 5) is 19.8. The second kappa shape index (κ2) is 6.34. The van der Waals surface area contributed by atoms with Crippen molar-refractivity contribution in [2.45, 2.75) is 13.8 Å². The van der Waals surface area contributed by atoms with Gasteiger partial charge in [-0.3, -0.25) is 4.79 Å². The summed E-state index contributed by atoms with van der Waals surface area (Å²) in [5.41, 5.74) is 1.84. The molecule has 2 aromatic rings. The molecule has 2 rings (SSSR count). The van der Waals surface area contributed by atoms with Gasteiger partial charge < -0.3 is 10.1 Å². The second-order valence-electron chi connectivity index (χ2n) is 4.11. The van der Waals surface area contributed by atoms with Crippen LogP contribution < -0.4 is 10.1 Å². The molecule has 6 heteroatoms. The van der Waals surface area contributed by atoms with Gasteiger partial charge in [-0.25, -0.2) is 9.97 Å². The van der Waals surface area contributed by atoms with Crippen LogP contribution in [0, 0.1) is 6.92 Å². The molecule has 20 heavy (non-hydrogen) atoms. The Labute approximate surface area is 122 Å². The van der Waals surface area contributed by atoms with E-state index in [9.17, 15) is 4.79 Å². The number of carbonyl (C=O) groups excluding carboxylic acids is 1. The van der Waals surface area contributed by atoms with Crippen molar-refractivity contribution in [2.75, 3.05) is 11.9 Å². The van der Waals surface area contributed by atoms with Crippen molar-refractivity contribution in [3.63, 3.8) is 0 Å². The number of nitrogens with zero attached hydrogens (tertiary/aromatic N) is 2. The molecule has 0 unspecified atom stereocenters. The van der Waals surface area contributed by atoms with Crippen molar-refractivity contribution < 1.29 is 9.53 Å². The summed E-state index contributed by atoms with van der Waals surface area (Å²) in [7, 11) is 0. The lowest BCUT2D eigenvalue weighted by molar-refractivity contribution is 0.102. The van der Waals surface area contributed by atoms with Gasteiger partial charge in [-0.2, -0.15) is 0 Å². The summed E-state index contributed by atoms with van der Waals surface area (Å²) >= 11 is 5.64. The first-order chi connectivity index (χ1) is 9.60. The molecule has 1 amide bonds. The Morgan fingerprint density at radius 1 is 1.35 bits per heavy atom. The Kier molecular flexibility index (Phi) is 4.53. The van der Waals surface area contributed by atoms with Gasteiger partial charge >= 0.3 is 0 Å². The van der Waals surface area contributed by atoms with Crippen LogP contribution in [0.15, 0.2) is 30.6 Å². The summed E-state index contributed by atoms with van der Waals surface area (Å²) in [6.07, 6.45) is 2.65. The zero-order valence-electron chi connectivity index (χ0n) is 11.2. The lowest BCUT2D eigenvalue weighted by atomic mass is 10.2. The van der Waals surface area contributed by atoms with Gasteiger partial charge in [0.2, 0.25) is 0 Å². The largest absolute Gasteiger partial charge is 0.492 e. The van der Waals surface area contributed by atoms with E-state index < -0.39 is 0 Å². The molecule has 1 heterocycles. The smallest absolute Gasteiger partial charge is 0.275 e. The van der Waals surface area contributed by atoms with Crippen LogP contribution in [-0.4, -0.2) is 22.5 Å². The van der Waals surface area contributed by atoms with Crippen molar-refractivity contribution in [3.8, 4) is 5.75 Å². The molecule has 0 aliphatic heterocycles. The standard InChI is InChI=1S/C14H14ClN3O2/c1-3-20-12-6-9(2)4-5-10(12)18-14(19)11-7-17-13(15)8-16-11/h4-8H,3H2,1-2H3,(H,18,19). The average Bonchev–Trinajstić information content (AvgIpc) is 2.43. The first-order valence-corrected chi connectivity index (χ1v) is 6.50. The van der Waals surface area contributed by atoms with Gasteiger partial charge in [0.05, 0.1) is 24.7 Å². The minimum absolute atomic E-state index is 0.192. The number of hydrogen-bond donors (Lipinski definition) is 1. The summed E-state index contributed by atoms with van der Waals surface area (Å²) in [6, 6.07) is 5.56. The van der Waals surface area contributed by atoms with E-state index in [1.54, 1.807) is 6.07 Å². The van der Waals surface area contributed by atoms with Crippen molar-refractivity contribution in [3.05, 3.63) is 47.0 Å². The van der Waals surface area contributed by atoms with Crippen LogP contribution in [0.3, 0.4) is 0 Å². The van der Waals surface area contributed by atoms with Crippen LogP contribution in [-0.2, 0) is 0 Å². The highest BCUT2D eigenvalue weighted by Crippen LogP contribution is 2.26. The molecular weight excluding hydrogens is 278 g/mol. The predicted molar refractivity (Wildman–Crippen MR) is 77.3 cm³/mol. The van der Waals surface area contributed by atoms with Gasteiger partial charge in [0.1, 0.15) is 16.6 Å². The molecule has 0 fully saturated rings. The number of aromatic nitrogens is 2. The van der Waals surface area contributed by atoms with Crippen LogP contribution in [0.2, 0.25) is 5.15 Å². The highest BCUT2D eigenvalue weighted by Gasteiger charge is 2.11. The molecule has 104 valence electrons. The first-order valence-electron chi connectivity index (χ1n) is 6.12. The topological polar surface area (TPSA) is 64.1 Å². The molecule has 0 atom stereocenters. The Hall–Kier alpha value is -2.14. The fourth-order valence-corrected chi connectivity index (χ4v) is 1.72.